The molecule has 1 aromatic rings. The van der Waals surface area contributed by atoms with Gasteiger partial charge in [0.2, 0.25) is 0 Å². The number of hydrogen-bond donors (Lipinski definition) is 0. The van der Waals surface area contributed by atoms with E-state index in [1.807, 2.05) is 12.1 Å². The first-order chi connectivity index (χ1) is 10.5. The van der Waals surface area contributed by atoms with Crippen molar-refractivity contribution in [3.05, 3.63) is 34.9 Å². The van der Waals surface area contributed by atoms with Crippen LogP contribution in [0.15, 0.2) is 18.2 Å². The molecule has 2 atom stereocenters. The summed E-state index contributed by atoms with van der Waals surface area (Å²) in [6, 6.07) is 8.41. The average molecular weight is 300 g/mol. The number of benzene rings is 1. The molecule has 1 fully saturated rings. The minimum atomic E-state index is 0.318. The van der Waals surface area contributed by atoms with Gasteiger partial charge >= 0.3 is 0 Å². The fourth-order valence-electron chi connectivity index (χ4n) is 3.22. The van der Waals surface area contributed by atoms with Crippen LogP contribution in [-0.2, 0) is 11.2 Å². The predicted molar refractivity (Wildman–Crippen MR) is 89.8 cm³/mol. The monoisotopic (exact) mass is 300 g/mol. The van der Waals surface area contributed by atoms with Crippen LogP contribution in [0.4, 0.5) is 0 Å². The smallest absolute Gasteiger partial charge is 0.0991 e. The van der Waals surface area contributed by atoms with Crippen LogP contribution in [0.25, 0.3) is 0 Å². The molecule has 2 unspecified atom stereocenters. The molecular weight excluding hydrogens is 272 g/mol. The lowest BCUT2D eigenvalue weighted by Gasteiger charge is -2.17. The predicted octanol–water partition coefficient (Wildman–Crippen LogP) is 3.40. The van der Waals surface area contributed by atoms with Crippen molar-refractivity contribution >= 4 is 0 Å². The van der Waals surface area contributed by atoms with Crippen molar-refractivity contribution in [1.82, 2.24) is 4.90 Å². The summed E-state index contributed by atoms with van der Waals surface area (Å²) in [6.07, 6.45) is 1.33. The average Bonchev–Trinajstić information content (AvgIpc) is 2.82. The van der Waals surface area contributed by atoms with Gasteiger partial charge in [-0.3, -0.25) is 0 Å². The number of nitrogens with zero attached hydrogens (tertiary/aromatic N) is 2. The van der Waals surface area contributed by atoms with Crippen molar-refractivity contribution in [2.75, 3.05) is 26.2 Å². The summed E-state index contributed by atoms with van der Waals surface area (Å²) >= 11 is 0. The molecule has 0 bridgehead atoms. The molecule has 1 saturated heterocycles. The van der Waals surface area contributed by atoms with Gasteiger partial charge in [0.1, 0.15) is 0 Å². The third-order valence-electron chi connectivity index (χ3n) is 4.47. The fraction of sp³-hybridized carbons (Fsp3) is 0.632. The molecule has 0 N–H and O–H groups in total. The minimum absolute atomic E-state index is 0.318. The molecule has 1 aromatic carbocycles. The lowest BCUT2D eigenvalue weighted by Crippen LogP contribution is -2.24. The van der Waals surface area contributed by atoms with Crippen molar-refractivity contribution in [3.63, 3.8) is 0 Å². The quantitative estimate of drug-likeness (QED) is 0.808. The molecule has 0 radical (unpaired) electrons. The highest BCUT2D eigenvalue weighted by Crippen LogP contribution is 2.24. The topological polar surface area (TPSA) is 36.3 Å². The van der Waals surface area contributed by atoms with Gasteiger partial charge in [-0.15, -0.1) is 0 Å². The van der Waals surface area contributed by atoms with E-state index in [4.69, 9.17) is 10.00 Å². The van der Waals surface area contributed by atoms with Crippen LogP contribution in [0.2, 0.25) is 0 Å². The zero-order chi connectivity index (χ0) is 16.1. The molecule has 2 rings (SSSR count). The van der Waals surface area contributed by atoms with E-state index in [2.05, 4.69) is 44.7 Å². The van der Waals surface area contributed by atoms with Gasteiger partial charge in [0.15, 0.2) is 0 Å². The molecule has 3 nitrogen and oxygen atoms in total. The van der Waals surface area contributed by atoms with Gasteiger partial charge in [-0.1, -0.05) is 13.0 Å². The van der Waals surface area contributed by atoms with Gasteiger partial charge in [-0.2, -0.15) is 5.26 Å². The minimum Gasteiger partial charge on any atom is -0.378 e. The summed E-state index contributed by atoms with van der Waals surface area (Å²) in [6.45, 7) is 12.8. The van der Waals surface area contributed by atoms with E-state index >= 15 is 0 Å². The number of likely N-dealkylation sites (tertiary alicyclic amines) is 1. The molecule has 0 aliphatic carbocycles. The number of hydrogen-bond acceptors (Lipinski definition) is 3. The lowest BCUT2D eigenvalue weighted by molar-refractivity contribution is 0.0455. The molecule has 3 heteroatoms. The van der Waals surface area contributed by atoms with Crippen molar-refractivity contribution in [2.45, 2.75) is 40.2 Å². The van der Waals surface area contributed by atoms with Crippen molar-refractivity contribution in [1.29, 1.82) is 5.26 Å². The highest BCUT2D eigenvalue weighted by atomic mass is 16.5. The Bertz CT molecular complexity index is 533. The maximum Gasteiger partial charge on any atom is 0.0991 e. The molecule has 120 valence electrons. The van der Waals surface area contributed by atoms with Crippen LogP contribution < -0.4 is 0 Å². The van der Waals surface area contributed by atoms with Crippen LogP contribution >= 0.6 is 0 Å². The first-order valence-electron chi connectivity index (χ1n) is 8.32. The largest absolute Gasteiger partial charge is 0.378 e. The number of ether oxygens (including phenoxy) is 1. The highest BCUT2D eigenvalue weighted by molar-refractivity contribution is 5.37. The second-order valence-corrected chi connectivity index (χ2v) is 6.95. The van der Waals surface area contributed by atoms with Crippen LogP contribution in [-0.4, -0.2) is 37.2 Å². The Labute approximate surface area is 134 Å². The van der Waals surface area contributed by atoms with Gasteiger partial charge in [0.05, 0.1) is 24.3 Å². The molecule has 0 amide bonds. The summed E-state index contributed by atoms with van der Waals surface area (Å²) < 4.78 is 5.79. The summed E-state index contributed by atoms with van der Waals surface area (Å²) in [4.78, 5) is 2.54. The van der Waals surface area contributed by atoms with Gasteiger partial charge in [-0.25, -0.2) is 0 Å². The maximum absolute atomic E-state index is 9.07. The van der Waals surface area contributed by atoms with Crippen molar-refractivity contribution in [3.8, 4) is 6.07 Å². The first kappa shape index (κ1) is 17.0. The van der Waals surface area contributed by atoms with Gasteiger partial charge < -0.3 is 9.64 Å². The Morgan fingerprint density at radius 3 is 2.77 bits per heavy atom. The molecule has 1 heterocycles. The van der Waals surface area contributed by atoms with E-state index in [1.165, 1.54) is 11.1 Å². The SMILES string of the molecule is Cc1cc(C#N)cc(CCN2CC(C)C(COC(C)C)C2)c1. The second-order valence-electron chi connectivity index (χ2n) is 6.95. The zero-order valence-electron chi connectivity index (χ0n) is 14.3. The Morgan fingerprint density at radius 2 is 2.09 bits per heavy atom. The third-order valence-corrected chi connectivity index (χ3v) is 4.47. The van der Waals surface area contributed by atoms with Gasteiger partial charge in [0, 0.05) is 19.6 Å². The summed E-state index contributed by atoms with van der Waals surface area (Å²) in [5.41, 5.74) is 3.21. The Balaban J connectivity index is 1.85. The van der Waals surface area contributed by atoms with E-state index in [-0.39, 0.29) is 0 Å². The number of rotatable bonds is 6. The van der Waals surface area contributed by atoms with Crippen LogP contribution in [0.1, 0.15) is 37.5 Å². The Kier molecular flexibility index (Phi) is 5.99. The summed E-state index contributed by atoms with van der Waals surface area (Å²) in [5, 5.41) is 9.07. The van der Waals surface area contributed by atoms with E-state index in [1.54, 1.807) is 0 Å². The first-order valence-corrected chi connectivity index (χ1v) is 8.32. The molecule has 1 aliphatic rings. The normalized spacial score (nSPS) is 22.2. The highest BCUT2D eigenvalue weighted by Gasteiger charge is 2.29. The van der Waals surface area contributed by atoms with Crippen LogP contribution in [0, 0.1) is 30.1 Å². The van der Waals surface area contributed by atoms with E-state index in [0.717, 1.165) is 38.2 Å². The van der Waals surface area contributed by atoms with E-state index in [9.17, 15) is 0 Å². The lowest BCUT2D eigenvalue weighted by atomic mass is 9.99. The molecule has 1 aliphatic heterocycles. The van der Waals surface area contributed by atoms with Crippen LogP contribution in [0.3, 0.4) is 0 Å². The standard InChI is InChI=1S/C19H28N2O/c1-14(2)22-13-19-12-21(11-16(19)4)6-5-17-7-15(3)8-18(9-17)10-20/h7-9,14,16,19H,5-6,11-13H2,1-4H3. The van der Waals surface area contributed by atoms with Crippen molar-refractivity contribution in [2.24, 2.45) is 11.8 Å². The molecular formula is C19H28N2O. The Morgan fingerprint density at radius 1 is 1.32 bits per heavy atom. The number of aryl methyl sites for hydroxylation is 1. The molecule has 0 aromatic heterocycles. The molecule has 0 spiro atoms. The van der Waals surface area contributed by atoms with Crippen molar-refractivity contribution < 1.29 is 4.74 Å². The maximum atomic E-state index is 9.07. The van der Waals surface area contributed by atoms with Gasteiger partial charge in [-0.05, 0) is 62.3 Å². The summed E-state index contributed by atoms with van der Waals surface area (Å²) in [5.74, 6) is 1.35. The third kappa shape index (κ3) is 4.83. The zero-order valence-corrected chi connectivity index (χ0v) is 14.3. The fourth-order valence-corrected chi connectivity index (χ4v) is 3.22. The molecule has 0 saturated carbocycles. The van der Waals surface area contributed by atoms with Crippen LogP contribution in [0.5, 0.6) is 0 Å². The second kappa shape index (κ2) is 7.76. The van der Waals surface area contributed by atoms with E-state index in [0.29, 0.717) is 17.9 Å². The van der Waals surface area contributed by atoms with Gasteiger partial charge in [0.25, 0.3) is 0 Å². The van der Waals surface area contributed by atoms with E-state index < -0.39 is 0 Å². The Hall–Kier alpha value is -1.37. The number of nitriles is 1. The summed E-state index contributed by atoms with van der Waals surface area (Å²) in [7, 11) is 0. The molecule has 22 heavy (non-hydrogen) atoms.